The second kappa shape index (κ2) is 14.9. The highest BCUT2D eigenvalue weighted by molar-refractivity contribution is 9.11. The van der Waals surface area contributed by atoms with Crippen LogP contribution in [0.3, 0.4) is 0 Å². The number of ketones is 1. The number of hydrogen-bond donors (Lipinski definition) is 1. The van der Waals surface area contributed by atoms with Gasteiger partial charge in [-0.05, 0) is 69.3 Å². The Morgan fingerprint density at radius 3 is 2.11 bits per heavy atom. The van der Waals surface area contributed by atoms with Gasteiger partial charge in [-0.2, -0.15) is 0 Å². The number of benzene rings is 2. The Balaban J connectivity index is 1.72. The smallest absolute Gasteiger partial charge is 0.199 e. The van der Waals surface area contributed by atoms with Gasteiger partial charge in [-0.15, -0.1) is 0 Å². The average Bonchev–Trinajstić information content (AvgIpc) is 3.24. The Hall–Kier alpha value is -1.63. The van der Waals surface area contributed by atoms with E-state index in [2.05, 4.69) is 52.6 Å². The lowest BCUT2D eigenvalue weighted by atomic mass is 9.98. The molecular weight excluding hydrogens is 582 g/mol. The number of nitrogens with one attached hydrogen (secondary N) is 1. The van der Waals surface area contributed by atoms with Crippen LogP contribution in [0.4, 0.5) is 0 Å². The average molecular weight is 622 g/mol. The van der Waals surface area contributed by atoms with Gasteiger partial charge in [0.25, 0.3) is 0 Å². The highest BCUT2D eigenvalue weighted by atomic mass is 79.9. The van der Waals surface area contributed by atoms with E-state index in [-0.39, 0.29) is 5.78 Å². The van der Waals surface area contributed by atoms with E-state index in [4.69, 9.17) is 9.15 Å². The number of unbranched alkanes of at least 4 members (excludes halogenated alkanes) is 3. The predicted octanol–water partition coefficient (Wildman–Crippen LogP) is 7.79. The monoisotopic (exact) mass is 620 g/mol. The number of halogens is 2. The number of rotatable bonds is 16. The van der Waals surface area contributed by atoms with Crippen molar-refractivity contribution in [2.75, 3.05) is 26.2 Å². The maximum atomic E-state index is 13.8. The fourth-order valence-electron chi connectivity index (χ4n) is 4.57. The lowest BCUT2D eigenvalue weighted by Gasteiger charge is -2.19. The van der Waals surface area contributed by atoms with Gasteiger partial charge in [0.15, 0.2) is 5.78 Å². The molecule has 0 radical (unpaired) electrons. The van der Waals surface area contributed by atoms with Crippen molar-refractivity contribution in [3.05, 3.63) is 62.2 Å². The summed E-state index contributed by atoms with van der Waals surface area (Å²) in [6.07, 6.45) is 8.83. The van der Waals surface area contributed by atoms with Crippen LogP contribution in [0.1, 0.15) is 87.4 Å². The molecule has 196 valence electrons. The van der Waals surface area contributed by atoms with Gasteiger partial charge in [-0.1, -0.05) is 58.2 Å². The van der Waals surface area contributed by atoms with Gasteiger partial charge in [-0.3, -0.25) is 4.79 Å². The van der Waals surface area contributed by atoms with Crippen molar-refractivity contribution in [3.63, 3.8) is 0 Å². The fourth-order valence-corrected chi connectivity index (χ4v) is 6.08. The van der Waals surface area contributed by atoms with Crippen molar-refractivity contribution in [2.24, 2.45) is 0 Å². The van der Waals surface area contributed by atoms with Crippen molar-refractivity contribution in [2.45, 2.75) is 72.1 Å². The lowest BCUT2D eigenvalue weighted by molar-refractivity contribution is -0.900. The van der Waals surface area contributed by atoms with E-state index in [0.29, 0.717) is 17.7 Å². The first kappa shape index (κ1) is 28.9. The molecule has 0 aliphatic heterocycles. The maximum absolute atomic E-state index is 13.8. The van der Waals surface area contributed by atoms with Crippen LogP contribution in [0.2, 0.25) is 0 Å². The second-order valence-electron chi connectivity index (χ2n) is 9.50. The third-order valence-electron chi connectivity index (χ3n) is 6.61. The zero-order valence-corrected chi connectivity index (χ0v) is 25.1. The molecule has 0 saturated heterocycles. The molecule has 1 heterocycles. The number of hydrogen-bond acceptors (Lipinski definition) is 3. The number of aryl methyl sites for hydroxylation is 1. The molecule has 3 aromatic rings. The van der Waals surface area contributed by atoms with Crippen molar-refractivity contribution in [1.29, 1.82) is 0 Å². The topological polar surface area (TPSA) is 43.9 Å². The number of carbonyl (C=O) groups excluding carboxylic acids is 1. The molecule has 0 bridgehead atoms. The molecule has 1 aromatic heterocycles. The zero-order chi connectivity index (χ0) is 25.9. The molecule has 0 spiro atoms. The van der Waals surface area contributed by atoms with Crippen molar-refractivity contribution in [1.82, 2.24) is 0 Å². The fraction of sp³-hybridized carbons (Fsp3) is 0.500. The molecule has 1 N–H and O–H groups in total. The predicted molar refractivity (Wildman–Crippen MR) is 156 cm³/mol. The zero-order valence-electron chi connectivity index (χ0n) is 21.9. The highest BCUT2D eigenvalue weighted by Gasteiger charge is 2.25. The first-order valence-corrected chi connectivity index (χ1v) is 15.1. The summed E-state index contributed by atoms with van der Waals surface area (Å²) in [6.45, 7) is 10.9. The number of ether oxygens (including phenoxy) is 1. The van der Waals surface area contributed by atoms with Crippen molar-refractivity contribution in [3.8, 4) is 5.75 Å². The number of quaternary nitrogens is 1. The molecule has 0 saturated carbocycles. The number of fused-ring (bicyclic) bond motifs is 1. The van der Waals surface area contributed by atoms with Gasteiger partial charge in [-0.25, -0.2) is 0 Å². The van der Waals surface area contributed by atoms with Crippen LogP contribution >= 0.6 is 31.9 Å². The van der Waals surface area contributed by atoms with E-state index < -0.39 is 0 Å². The van der Waals surface area contributed by atoms with E-state index in [1.165, 1.54) is 38.8 Å². The first-order chi connectivity index (χ1) is 17.5. The number of carbonyl (C=O) groups is 1. The van der Waals surface area contributed by atoms with Crippen LogP contribution < -0.4 is 9.64 Å². The van der Waals surface area contributed by atoms with E-state index in [1.54, 1.807) is 4.90 Å². The third kappa shape index (κ3) is 7.69. The Bertz CT molecular complexity index is 1090. The van der Waals surface area contributed by atoms with Gasteiger partial charge >= 0.3 is 0 Å². The van der Waals surface area contributed by atoms with Gasteiger partial charge in [0, 0.05) is 27.2 Å². The summed E-state index contributed by atoms with van der Waals surface area (Å²) in [4.78, 5) is 15.5. The Morgan fingerprint density at radius 1 is 0.861 bits per heavy atom. The molecule has 6 heteroatoms. The van der Waals surface area contributed by atoms with Crippen LogP contribution in [0.25, 0.3) is 11.0 Å². The van der Waals surface area contributed by atoms with E-state index in [9.17, 15) is 4.79 Å². The molecule has 2 aromatic carbocycles. The minimum atomic E-state index is -0.0394. The normalized spacial score (nSPS) is 11.5. The van der Waals surface area contributed by atoms with E-state index in [0.717, 1.165) is 63.7 Å². The quantitative estimate of drug-likeness (QED) is 0.131. The molecule has 0 aliphatic rings. The number of furan rings is 1. The Kier molecular flexibility index (Phi) is 12.0. The maximum Gasteiger partial charge on any atom is 0.199 e. The van der Waals surface area contributed by atoms with E-state index in [1.807, 2.05) is 36.4 Å². The summed E-state index contributed by atoms with van der Waals surface area (Å²) in [6, 6.07) is 11.6. The van der Waals surface area contributed by atoms with Crippen LogP contribution in [-0.4, -0.2) is 32.0 Å². The van der Waals surface area contributed by atoms with Gasteiger partial charge in [0.2, 0.25) is 0 Å². The summed E-state index contributed by atoms with van der Waals surface area (Å²) in [5.41, 5.74) is 2.02. The van der Waals surface area contributed by atoms with Crippen LogP contribution in [0.15, 0.2) is 49.8 Å². The van der Waals surface area contributed by atoms with Gasteiger partial charge in [0.1, 0.15) is 17.1 Å². The highest BCUT2D eigenvalue weighted by Crippen LogP contribution is 2.36. The summed E-state index contributed by atoms with van der Waals surface area (Å²) >= 11 is 7.30. The standard InChI is InChI=1S/C30H39Br2NO3/c1-4-7-14-27-28(23-13-10-11-15-26(23)36-27)30(34)29-24(31)20-22(21-25(29)32)35-19-12-18-33(16-8-5-2)17-9-6-3/h10-11,13,15,20-21H,4-9,12,14,16-19H2,1-3H3/p+1. The molecule has 0 unspecified atom stereocenters. The molecule has 4 nitrogen and oxygen atoms in total. The summed E-state index contributed by atoms with van der Waals surface area (Å²) in [7, 11) is 0. The molecule has 0 fully saturated rings. The lowest BCUT2D eigenvalue weighted by Crippen LogP contribution is -3.12. The molecule has 36 heavy (non-hydrogen) atoms. The van der Waals surface area contributed by atoms with Crippen LogP contribution in [-0.2, 0) is 6.42 Å². The number of para-hydroxylation sites is 1. The van der Waals surface area contributed by atoms with Gasteiger partial charge in [0.05, 0.1) is 37.4 Å². The third-order valence-corrected chi connectivity index (χ3v) is 7.86. The largest absolute Gasteiger partial charge is 0.493 e. The summed E-state index contributed by atoms with van der Waals surface area (Å²) in [5, 5.41) is 0.867. The van der Waals surface area contributed by atoms with Crippen molar-refractivity contribution < 1.29 is 18.8 Å². The SMILES string of the molecule is CCCCc1oc2ccccc2c1C(=O)c1c(Br)cc(OCCC[NH+](CCCC)CCCC)cc1Br. The Labute approximate surface area is 233 Å². The minimum absolute atomic E-state index is 0.0394. The molecule has 0 amide bonds. The van der Waals surface area contributed by atoms with Gasteiger partial charge < -0.3 is 14.1 Å². The molecule has 0 aliphatic carbocycles. The molecular formula is C30H40Br2NO3+. The van der Waals surface area contributed by atoms with E-state index >= 15 is 0 Å². The summed E-state index contributed by atoms with van der Waals surface area (Å²) < 4.78 is 13.6. The first-order valence-electron chi connectivity index (χ1n) is 13.5. The summed E-state index contributed by atoms with van der Waals surface area (Å²) in [5.74, 6) is 1.49. The van der Waals surface area contributed by atoms with Crippen LogP contribution in [0.5, 0.6) is 5.75 Å². The minimum Gasteiger partial charge on any atom is -0.493 e. The van der Waals surface area contributed by atoms with Crippen molar-refractivity contribution >= 4 is 48.6 Å². The molecule has 3 rings (SSSR count). The molecule has 0 atom stereocenters. The van der Waals surface area contributed by atoms with Crippen LogP contribution in [0, 0.1) is 0 Å². The Morgan fingerprint density at radius 2 is 1.47 bits per heavy atom. The second-order valence-corrected chi connectivity index (χ2v) is 11.2.